The lowest BCUT2D eigenvalue weighted by Crippen LogP contribution is -2.25. The van der Waals surface area contributed by atoms with Crippen molar-refractivity contribution in [3.63, 3.8) is 0 Å². The van der Waals surface area contributed by atoms with Gasteiger partial charge in [0.2, 0.25) is 5.91 Å². The van der Waals surface area contributed by atoms with Gasteiger partial charge in [0, 0.05) is 22.7 Å². The summed E-state index contributed by atoms with van der Waals surface area (Å²) in [7, 11) is 0. The maximum Gasteiger partial charge on any atom is 0.259 e. The molecule has 2 amide bonds. The molecule has 9 heteroatoms. The van der Waals surface area contributed by atoms with Crippen molar-refractivity contribution in [3.8, 4) is 0 Å². The molecule has 1 atom stereocenters. The molecular weight excluding hydrogens is 432 g/mol. The Morgan fingerprint density at radius 3 is 2.71 bits per heavy atom. The van der Waals surface area contributed by atoms with Crippen LogP contribution in [0.5, 0.6) is 0 Å². The van der Waals surface area contributed by atoms with Crippen molar-refractivity contribution >= 4 is 50.8 Å². The number of thioether (sulfide) groups is 1. The average molecular weight is 459 g/mol. The number of hydrogen-bond donors (Lipinski definition) is 3. The van der Waals surface area contributed by atoms with E-state index in [1.165, 1.54) is 23.1 Å². The summed E-state index contributed by atoms with van der Waals surface area (Å²) in [6, 6.07) is 5.23. The first-order valence-corrected chi connectivity index (χ1v) is 11.9. The number of thiophene rings is 1. The number of benzene rings is 1. The number of anilines is 1. The molecule has 0 aliphatic rings. The van der Waals surface area contributed by atoms with Gasteiger partial charge in [-0.2, -0.15) is 0 Å². The zero-order valence-corrected chi connectivity index (χ0v) is 19.8. The highest BCUT2D eigenvalue weighted by molar-refractivity contribution is 7.99. The summed E-state index contributed by atoms with van der Waals surface area (Å²) in [5.74, 6) is 0.614. The first-order valence-electron chi connectivity index (χ1n) is 10.0. The Bertz CT molecular complexity index is 1200. The highest BCUT2D eigenvalue weighted by Crippen LogP contribution is 2.27. The molecule has 164 valence electrons. The molecule has 2 aromatic heterocycles. The molecule has 0 saturated carbocycles. The summed E-state index contributed by atoms with van der Waals surface area (Å²) in [4.78, 5) is 46.4. The fourth-order valence-corrected chi connectivity index (χ4v) is 4.85. The Kier molecular flexibility index (Phi) is 7.17. The van der Waals surface area contributed by atoms with Crippen LogP contribution in [0, 0.1) is 20.8 Å². The molecule has 0 aliphatic heterocycles. The van der Waals surface area contributed by atoms with Gasteiger partial charge < -0.3 is 15.6 Å². The lowest BCUT2D eigenvalue weighted by Gasteiger charge is -2.14. The smallest absolute Gasteiger partial charge is 0.259 e. The fourth-order valence-electron chi connectivity index (χ4n) is 3.04. The van der Waals surface area contributed by atoms with E-state index in [4.69, 9.17) is 0 Å². The van der Waals surface area contributed by atoms with Crippen molar-refractivity contribution in [1.29, 1.82) is 0 Å². The lowest BCUT2D eigenvalue weighted by atomic mass is 10.1. The first-order chi connectivity index (χ1) is 14.7. The van der Waals surface area contributed by atoms with Crippen LogP contribution < -0.4 is 16.2 Å². The molecule has 0 radical (unpaired) electrons. The number of aryl methyl sites for hydroxylation is 3. The van der Waals surface area contributed by atoms with Gasteiger partial charge in [-0.3, -0.25) is 14.4 Å². The monoisotopic (exact) mass is 458 g/mol. The third kappa shape index (κ3) is 5.16. The van der Waals surface area contributed by atoms with Crippen molar-refractivity contribution in [2.75, 3.05) is 11.9 Å². The van der Waals surface area contributed by atoms with E-state index in [0.29, 0.717) is 34.8 Å². The predicted molar refractivity (Wildman–Crippen MR) is 128 cm³/mol. The zero-order valence-electron chi connectivity index (χ0n) is 18.2. The summed E-state index contributed by atoms with van der Waals surface area (Å²) in [5.41, 5.74) is 2.81. The SMILES string of the molecule is CCNC(=O)c1ccc(C)c(NC(=O)C(C)SCc2nc3sc(C)c(C)c3c(=O)[nH]2)c1. The number of aromatic amines is 1. The maximum atomic E-state index is 12.7. The van der Waals surface area contributed by atoms with Crippen LogP contribution in [0.3, 0.4) is 0 Å². The third-order valence-corrected chi connectivity index (χ3v) is 7.28. The molecule has 3 N–H and O–H groups in total. The fraction of sp³-hybridized carbons (Fsp3) is 0.364. The second-order valence-corrected chi connectivity index (χ2v) is 9.84. The Morgan fingerprint density at radius 1 is 1.26 bits per heavy atom. The minimum atomic E-state index is -0.375. The third-order valence-electron chi connectivity index (χ3n) is 5.02. The van der Waals surface area contributed by atoms with Gasteiger partial charge in [-0.1, -0.05) is 6.07 Å². The van der Waals surface area contributed by atoms with E-state index in [2.05, 4.69) is 20.6 Å². The molecule has 7 nitrogen and oxygen atoms in total. The molecule has 1 aromatic carbocycles. The first kappa shape index (κ1) is 23.0. The second kappa shape index (κ2) is 9.65. The summed E-state index contributed by atoms with van der Waals surface area (Å²) in [6.45, 7) is 9.98. The summed E-state index contributed by atoms with van der Waals surface area (Å²) in [5, 5.41) is 5.93. The van der Waals surface area contributed by atoms with Crippen LogP contribution in [0.2, 0.25) is 0 Å². The number of aromatic nitrogens is 2. The minimum absolute atomic E-state index is 0.141. The van der Waals surface area contributed by atoms with E-state index in [9.17, 15) is 14.4 Å². The largest absolute Gasteiger partial charge is 0.352 e. The predicted octanol–water partition coefficient (Wildman–Crippen LogP) is 3.92. The molecule has 3 aromatic rings. The van der Waals surface area contributed by atoms with Crippen molar-refractivity contribution < 1.29 is 9.59 Å². The number of carbonyl (C=O) groups is 2. The van der Waals surface area contributed by atoms with Gasteiger partial charge in [0.25, 0.3) is 11.5 Å². The Hall–Kier alpha value is -2.65. The molecule has 2 heterocycles. The molecule has 3 rings (SSSR count). The van der Waals surface area contributed by atoms with E-state index in [1.807, 2.05) is 33.8 Å². The van der Waals surface area contributed by atoms with Crippen molar-refractivity contribution in [2.45, 2.75) is 45.6 Å². The van der Waals surface area contributed by atoms with Crippen LogP contribution >= 0.6 is 23.1 Å². The summed E-state index contributed by atoms with van der Waals surface area (Å²) < 4.78 is 0. The van der Waals surface area contributed by atoms with Crippen molar-refractivity contribution in [3.05, 3.63) is 55.9 Å². The summed E-state index contributed by atoms with van der Waals surface area (Å²) >= 11 is 2.90. The van der Waals surface area contributed by atoms with E-state index in [-0.39, 0.29) is 22.6 Å². The van der Waals surface area contributed by atoms with Gasteiger partial charge in [0.05, 0.1) is 16.4 Å². The van der Waals surface area contributed by atoms with Crippen LogP contribution in [0.15, 0.2) is 23.0 Å². The highest BCUT2D eigenvalue weighted by Gasteiger charge is 2.17. The van der Waals surface area contributed by atoms with Gasteiger partial charge >= 0.3 is 0 Å². The van der Waals surface area contributed by atoms with Crippen molar-refractivity contribution in [1.82, 2.24) is 15.3 Å². The van der Waals surface area contributed by atoms with Crippen LogP contribution in [-0.4, -0.2) is 33.6 Å². The molecule has 31 heavy (non-hydrogen) atoms. The van der Waals surface area contributed by atoms with Crippen LogP contribution in [0.4, 0.5) is 5.69 Å². The standard InChI is InChI=1S/C22H26N4O3S2/c1-6-23-20(28)15-8-7-11(2)16(9-15)24-19(27)14(5)30-10-17-25-21(29)18-12(3)13(4)31-22(18)26-17/h7-9,14H,6,10H2,1-5H3,(H,23,28)(H,24,27)(H,25,26,29). The minimum Gasteiger partial charge on any atom is -0.352 e. The number of hydrogen-bond acceptors (Lipinski definition) is 6. The number of nitrogens with zero attached hydrogens (tertiary/aromatic N) is 1. The molecule has 0 saturated heterocycles. The molecule has 1 unspecified atom stereocenters. The van der Waals surface area contributed by atoms with Gasteiger partial charge in [-0.15, -0.1) is 23.1 Å². The van der Waals surface area contributed by atoms with Crippen LogP contribution in [-0.2, 0) is 10.5 Å². The van der Waals surface area contributed by atoms with Gasteiger partial charge in [-0.05, 0) is 57.9 Å². The average Bonchev–Trinajstić information content (AvgIpc) is 3.01. The number of amides is 2. The highest BCUT2D eigenvalue weighted by atomic mass is 32.2. The number of rotatable bonds is 7. The van der Waals surface area contributed by atoms with E-state index < -0.39 is 0 Å². The zero-order chi connectivity index (χ0) is 22.7. The lowest BCUT2D eigenvalue weighted by molar-refractivity contribution is -0.115. The molecule has 0 spiro atoms. The number of carbonyl (C=O) groups excluding carboxylic acids is 2. The van der Waals surface area contributed by atoms with Gasteiger partial charge in [-0.25, -0.2) is 4.98 Å². The van der Waals surface area contributed by atoms with Gasteiger partial charge in [0.15, 0.2) is 0 Å². The Morgan fingerprint density at radius 2 is 2.00 bits per heavy atom. The number of fused-ring (bicyclic) bond motifs is 1. The molecule has 0 bridgehead atoms. The van der Waals surface area contributed by atoms with Gasteiger partial charge in [0.1, 0.15) is 10.7 Å². The van der Waals surface area contributed by atoms with Crippen LogP contribution in [0.25, 0.3) is 10.2 Å². The maximum absolute atomic E-state index is 12.7. The Balaban J connectivity index is 1.68. The topological polar surface area (TPSA) is 104 Å². The summed E-state index contributed by atoms with van der Waals surface area (Å²) in [6.07, 6.45) is 0. The second-order valence-electron chi connectivity index (χ2n) is 7.31. The van der Waals surface area contributed by atoms with Crippen molar-refractivity contribution in [2.24, 2.45) is 0 Å². The number of H-pyrrole nitrogens is 1. The quantitative estimate of drug-likeness (QED) is 0.498. The van der Waals surface area contributed by atoms with Crippen LogP contribution in [0.1, 0.15) is 46.0 Å². The normalized spacial score (nSPS) is 12.0. The number of nitrogens with one attached hydrogen (secondary N) is 3. The molecular formula is C22H26N4O3S2. The molecule has 0 aliphatic carbocycles. The Labute approximate surface area is 189 Å². The van der Waals surface area contributed by atoms with E-state index in [0.717, 1.165) is 20.8 Å². The molecule has 0 fully saturated rings. The van der Waals surface area contributed by atoms with E-state index >= 15 is 0 Å². The van der Waals surface area contributed by atoms with E-state index in [1.54, 1.807) is 19.1 Å².